The van der Waals surface area contributed by atoms with E-state index in [1.54, 1.807) is 11.1 Å². The topological polar surface area (TPSA) is 93.5 Å². The minimum atomic E-state index is -0.541. The fourth-order valence-corrected chi connectivity index (χ4v) is 4.22. The Bertz CT molecular complexity index is 1290. The van der Waals surface area contributed by atoms with Gasteiger partial charge in [0.15, 0.2) is 17.5 Å². The monoisotopic (exact) mass is 460 g/mol. The molecule has 5 rings (SSSR count). The molecular formula is C26H28N4O4. The van der Waals surface area contributed by atoms with Crippen LogP contribution in [-0.4, -0.2) is 38.1 Å². The van der Waals surface area contributed by atoms with E-state index in [1.165, 1.54) is 6.39 Å². The van der Waals surface area contributed by atoms with Gasteiger partial charge in [-0.3, -0.25) is 4.90 Å². The molecule has 1 amide bonds. The predicted octanol–water partition coefficient (Wildman–Crippen LogP) is 5.87. The van der Waals surface area contributed by atoms with Crippen LogP contribution >= 0.6 is 0 Å². The summed E-state index contributed by atoms with van der Waals surface area (Å²) in [7, 11) is 0. The highest BCUT2D eigenvalue weighted by atomic mass is 16.6. The number of amides is 1. The Kier molecular flexibility index (Phi) is 5.73. The van der Waals surface area contributed by atoms with Gasteiger partial charge in [-0.2, -0.15) is 0 Å². The fraction of sp³-hybridized carbons (Fsp3) is 0.346. The SMILES string of the molecule is CC(C)(C)OC(=O)N1CCC[C@H]1c1ncc(-c2ccc(OCc3ccccc3)c3ncoc23)[nH]1. The highest BCUT2D eigenvalue weighted by Crippen LogP contribution is 2.36. The lowest BCUT2D eigenvalue weighted by Crippen LogP contribution is -2.36. The number of benzene rings is 2. The summed E-state index contributed by atoms with van der Waals surface area (Å²) in [6, 6.07) is 13.7. The molecule has 0 bridgehead atoms. The number of ether oxygens (including phenoxy) is 2. The molecule has 0 radical (unpaired) electrons. The molecule has 1 atom stereocenters. The molecule has 34 heavy (non-hydrogen) atoms. The Labute approximate surface area is 197 Å². The molecule has 0 saturated carbocycles. The molecule has 0 unspecified atom stereocenters. The van der Waals surface area contributed by atoms with Crippen LogP contribution in [0.5, 0.6) is 5.75 Å². The third-order valence-corrected chi connectivity index (χ3v) is 5.77. The van der Waals surface area contributed by atoms with Gasteiger partial charge in [0, 0.05) is 12.1 Å². The molecule has 8 heteroatoms. The molecular weight excluding hydrogens is 432 g/mol. The maximum Gasteiger partial charge on any atom is 0.410 e. The number of carbonyl (C=O) groups excluding carboxylic acids is 1. The minimum absolute atomic E-state index is 0.151. The van der Waals surface area contributed by atoms with E-state index in [4.69, 9.17) is 13.9 Å². The van der Waals surface area contributed by atoms with Gasteiger partial charge in [0.1, 0.15) is 23.8 Å². The van der Waals surface area contributed by atoms with Gasteiger partial charge in [-0.25, -0.2) is 14.8 Å². The molecule has 8 nitrogen and oxygen atoms in total. The standard InChI is InChI=1S/C26H28N4O4/c1-26(2,3)34-25(31)30-13-7-10-20(30)24-27-14-19(29-24)18-11-12-21(22-23(18)33-16-28-22)32-15-17-8-5-4-6-9-17/h4-6,8-9,11-12,14,16,20H,7,10,13,15H2,1-3H3,(H,27,29)/t20-/m0/s1. The Hall–Kier alpha value is -3.81. The lowest BCUT2D eigenvalue weighted by molar-refractivity contribution is 0.0218. The van der Waals surface area contributed by atoms with Crippen LogP contribution in [0.15, 0.2) is 59.5 Å². The average Bonchev–Trinajstić information content (AvgIpc) is 3.57. The molecule has 0 aliphatic carbocycles. The maximum atomic E-state index is 12.7. The molecule has 0 spiro atoms. The number of carbonyl (C=O) groups is 1. The second kappa shape index (κ2) is 8.85. The molecule has 1 saturated heterocycles. The lowest BCUT2D eigenvalue weighted by Gasteiger charge is -2.27. The van der Waals surface area contributed by atoms with E-state index < -0.39 is 5.60 Å². The number of hydrogen-bond donors (Lipinski definition) is 1. The number of fused-ring (bicyclic) bond motifs is 1. The van der Waals surface area contributed by atoms with Crippen LogP contribution in [0, 0.1) is 0 Å². The summed E-state index contributed by atoms with van der Waals surface area (Å²) in [5.74, 6) is 1.39. The van der Waals surface area contributed by atoms with Crippen molar-refractivity contribution >= 4 is 17.2 Å². The second-order valence-corrected chi connectivity index (χ2v) is 9.43. The second-order valence-electron chi connectivity index (χ2n) is 9.43. The summed E-state index contributed by atoms with van der Waals surface area (Å²) in [5, 5.41) is 0. The van der Waals surface area contributed by atoms with Crippen molar-refractivity contribution < 1.29 is 18.7 Å². The van der Waals surface area contributed by atoms with Crippen LogP contribution < -0.4 is 4.74 Å². The predicted molar refractivity (Wildman–Crippen MR) is 127 cm³/mol. The highest BCUT2D eigenvalue weighted by molar-refractivity contribution is 5.92. The molecule has 3 heterocycles. The van der Waals surface area contributed by atoms with Crippen LogP contribution in [0.25, 0.3) is 22.4 Å². The van der Waals surface area contributed by atoms with Gasteiger partial charge < -0.3 is 18.9 Å². The van der Waals surface area contributed by atoms with Crippen molar-refractivity contribution in [1.82, 2.24) is 19.9 Å². The molecule has 1 fully saturated rings. The van der Waals surface area contributed by atoms with E-state index >= 15 is 0 Å². The summed E-state index contributed by atoms with van der Waals surface area (Å²) < 4.78 is 17.3. The largest absolute Gasteiger partial charge is 0.486 e. The van der Waals surface area contributed by atoms with Crippen molar-refractivity contribution in [3.8, 4) is 17.0 Å². The molecule has 176 valence electrons. The normalized spacial score (nSPS) is 16.2. The van der Waals surface area contributed by atoms with E-state index in [-0.39, 0.29) is 12.1 Å². The number of H-pyrrole nitrogens is 1. The van der Waals surface area contributed by atoms with Crippen LogP contribution in [-0.2, 0) is 11.3 Å². The zero-order valence-corrected chi connectivity index (χ0v) is 19.6. The number of nitrogens with one attached hydrogen (secondary N) is 1. The van der Waals surface area contributed by atoms with Crippen molar-refractivity contribution in [3.05, 3.63) is 66.4 Å². The molecule has 2 aromatic heterocycles. The number of likely N-dealkylation sites (tertiary alicyclic amines) is 1. The number of aromatic amines is 1. The average molecular weight is 461 g/mol. The summed E-state index contributed by atoms with van der Waals surface area (Å²) in [6.07, 6.45) is 4.60. The Balaban J connectivity index is 1.38. The van der Waals surface area contributed by atoms with E-state index in [0.717, 1.165) is 35.5 Å². The quantitative estimate of drug-likeness (QED) is 0.400. The van der Waals surface area contributed by atoms with Crippen LogP contribution in [0.1, 0.15) is 51.0 Å². The fourth-order valence-electron chi connectivity index (χ4n) is 4.22. The number of imidazole rings is 1. The maximum absolute atomic E-state index is 12.7. The van der Waals surface area contributed by atoms with Gasteiger partial charge >= 0.3 is 6.09 Å². The van der Waals surface area contributed by atoms with Crippen molar-refractivity contribution in [3.63, 3.8) is 0 Å². The summed E-state index contributed by atoms with van der Waals surface area (Å²) in [6.45, 7) is 6.71. The van der Waals surface area contributed by atoms with Gasteiger partial charge in [-0.15, -0.1) is 0 Å². The van der Waals surface area contributed by atoms with Crippen LogP contribution in [0.3, 0.4) is 0 Å². The first-order valence-electron chi connectivity index (χ1n) is 11.5. The third kappa shape index (κ3) is 4.48. The molecule has 1 aliphatic rings. The van der Waals surface area contributed by atoms with Crippen molar-refractivity contribution in [1.29, 1.82) is 0 Å². The van der Waals surface area contributed by atoms with Crippen LogP contribution in [0.4, 0.5) is 4.79 Å². The van der Waals surface area contributed by atoms with Crippen LogP contribution in [0.2, 0.25) is 0 Å². The molecule has 1 aliphatic heterocycles. The van der Waals surface area contributed by atoms with Gasteiger partial charge in [-0.1, -0.05) is 30.3 Å². The van der Waals surface area contributed by atoms with E-state index in [9.17, 15) is 4.79 Å². The minimum Gasteiger partial charge on any atom is -0.486 e. The highest BCUT2D eigenvalue weighted by Gasteiger charge is 2.35. The molecule has 1 N–H and O–H groups in total. The van der Waals surface area contributed by atoms with E-state index in [1.807, 2.05) is 63.2 Å². The van der Waals surface area contributed by atoms with Crippen molar-refractivity contribution in [2.45, 2.75) is 51.9 Å². The number of aromatic nitrogens is 3. The first kappa shape index (κ1) is 22.0. The van der Waals surface area contributed by atoms with Gasteiger partial charge in [0.25, 0.3) is 0 Å². The first-order valence-corrected chi connectivity index (χ1v) is 11.5. The van der Waals surface area contributed by atoms with Gasteiger partial charge in [-0.05, 0) is 51.3 Å². The van der Waals surface area contributed by atoms with Crippen molar-refractivity contribution in [2.24, 2.45) is 0 Å². The number of oxazole rings is 1. The Morgan fingerprint density at radius 2 is 2.00 bits per heavy atom. The molecule has 2 aromatic carbocycles. The van der Waals surface area contributed by atoms with Gasteiger partial charge in [0.05, 0.1) is 17.9 Å². The Morgan fingerprint density at radius 1 is 1.18 bits per heavy atom. The Morgan fingerprint density at radius 3 is 2.79 bits per heavy atom. The molecule has 4 aromatic rings. The zero-order chi connectivity index (χ0) is 23.7. The number of hydrogen-bond acceptors (Lipinski definition) is 6. The smallest absolute Gasteiger partial charge is 0.410 e. The van der Waals surface area contributed by atoms with E-state index in [2.05, 4.69) is 15.0 Å². The van der Waals surface area contributed by atoms with Crippen molar-refractivity contribution in [2.75, 3.05) is 6.54 Å². The zero-order valence-electron chi connectivity index (χ0n) is 19.6. The summed E-state index contributed by atoms with van der Waals surface area (Å²) >= 11 is 0. The van der Waals surface area contributed by atoms with E-state index in [0.29, 0.717) is 30.0 Å². The van der Waals surface area contributed by atoms with Gasteiger partial charge in [0.2, 0.25) is 0 Å². The summed E-state index contributed by atoms with van der Waals surface area (Å²) in [5.41, 5.74) is 3.44. The first-order chi connectivity index (χ1) is 16.4. The third-order valence-electron chi connectivity index (χ3n) is 5.77. The lowest BCUT2D eigenvalue weighted by atomic mass is 10.1. The summed E-state index contributed by atoms with van der Waals surface area (Å²) in [4.78, 5) is 26.8. The number of rotatable bonds is 5. The number of nitrogens with zero attached hydrogens (tertiary/aromatic N) is 3.